The third-order valence-electron chi connectivity index (χ3n) is 4.43. The van der Waals surface area contributed by atoms with E-state index in [0.717, 1.165) is 38.6 Å². The molecule has 2 saturated heterocycles. The average molecular weight is 337 g/mol. The lowest BCUT2D eigenvalue weighted by atomic mass is 10.2. The Balaban J connectivity index is 1.75. The maximum absolute atomic E-state index is 12.7. The van der Waals surface area contributed by atoms with Crippen LogP contribution in [0.4, 0.5) is 5.69 Å². The lowest BCUT2D eigenvalue weighted by molar-refractivity contribution is -0.117. The van der Waals surface area contributed by atoms with Gasteiger partial charge in [-0.15, -0.1) is 0 Å². The first kappa shape index (κ1) is 16.4. The largest absolute Gasteiger partial charge is 0.325 e. The fourth-order valence-corrected chi connectivity index (χ4v) is 4.69. The lowest BCUT2D eigenvalue weighted by Crippen LogP contribution is -2.36. The van der Waals surface area contributed by atoms with Crippen LogP contribution in [0.2, 0.25) is 0 Å². The number of hydrogen-bond acceptors (Lipinski definition) is 4. The molecule has 0 radical (unpaired) electrons. The van der Waals surface area contributed by atoms with Gasteiger partial charge in [0.1, 0.15) is 0 Å². The lowest BCUT2D eigenvalue weighted by Gasteiger charge is -2.26. The van der Waals surface area contributed by atoms with Crippen molar-refractivity contribution in [3.05, 3.63) is 24.3 Å². The summed E-state index contributed by atoms with van der Waals surface area (Å²) in [6.45, 7) is 2.00. The fourth-order valence-electron chi connectivity index (χ4n) is 3.13. The first-order valence-electron chi connectivity index (χ1n) is 8.22. The minimum absolute atomic E-state index is 0.102. The molecule has 0 saturated carbocycles. The number of carbonyl (C=O) groups excluding carboxylic acids is 1. The third kappa shape index (κ3) is 3.73. The van der Waals surface area contributed by atoms with Crippen LogP contribution in [-0.4, -0.2) is 44.3 Å². The minimum atomic E-state index is -3.47. The third-order valence-corrected chi connectivity index (χ3v) is 6.33. The molecule has 2 fully saturated rings. The SMILES string of the molecule is O=C(Nc1cccc(S(=O)(=O)N2CCCCC2)c1)C1CCCN1. The van der Waals surface area contributed by atoms with E-state index in [9.17, 15) is 13.2 Å². The normalized spacial score (nSPS) is 22.9. The standard InChI is InChI=1S/C16H23N3O3S/c20-16(15-8-5-9-17-15)18-13-6-4-7-14(12-13)23(21,22)19-10-2-1-3-11-19/h4,6-7,12,15,17H,1-3,5,8-11H2,(H,18,20). The van der Waals surface area contributed by atoms with Crippen LogP contribution < -0.4 is 10.6 Å². The zero-order valence-electron chi connectivity index (χ0n) is 13.1. The Labute approximate surface area is 137 Å². The second-order valence-corrected chi connectivity index (χ2v) is 8.07. The zero-order chi connectivity index (χ0) is 16.3. The van der Waals surface area contributed by atoms with Crippen molar-refractivity contribution in [3.63, 3.8) is 0 Å². The maximum atomic E-state index is 12.7. The summed E-state index contributed by atoms with van der Waals surface area (Å²) in [6.07, 6.45) is 4.70. The van der Waals surface area contributed by atoms with Crippen molar-refractivity contribution >= 4 is 21.6 Å². The summed E-state index contributed by atoms with van der Waals surface area (Å²) in [4.78, 5) is 12.4. The van der Waals surface area contributed by atoms with Gasteiger partial charge in [0.2, 0.25) is 15.9 Å². The van der Waals surface area contributed by atoms with Gasteiger partial charge < -0.3 is 10.6 Å². The number of hydrogen-bond donors (Lipinski definition) is 2. The first-order chi connectivity index (χ1) is 11.1. The van der Waals surface area contributed by atoms with E-state index in [0.29, 0.717) is 18.8 Å². The summed E-state index contributed by atoms with van der Waals surface area (Å²) in [5, 5.41) is 5.95. The van der Waals surface area contributed by atoms with E-state index in [1.807, 2.05) is 0 Å². The average Bonchev–Trinajstić information content (AvgIpc) is 3.10. The summed E-state index contributed by atoms with van der Waals surface area (Å²) in [5.41, 5.74) is 0.529. The van der Waals surface area contributed by atoms with Crippen molar-refractivity contribution in [2.24, 2.45) is 0 Å². The molecule has 0 spiro atoms. The number of benzene rings is 1. The Kier molecular flexibility index (Phi) is 4.99. The molecule has 1 aromatic carbocycles. The van der Waals surface area contributed by atoms with Crippen molar-refractivity contribution < 1.29 is 13.2 Å². The van der Waals surface area contributed by atoms with E-state index in [1.54, 1.807) is 24.3 Å². The molecule has 2 aliphatic rings. The molecule has 1 atom stereocenters. The van der Waals surface area contributed by atoms with Gasteiger partial charge in [-0.25, -0.2) is 8.42 Å². The smallest absolute Gasteiger partial charge is 0.243 e. The van der Waals surface area contributed by atoms with Gasteiger partial charge in [0.25, 0.3) is 0 Å². The van der Waals surface area contributed by atoms with Crippen LogP contribution in [0.5, 0.6) is 0 Å². The molecule has 1 aromatic rings. The number of amides is 1. The van der Waals surface area contributed by atoms with E-state index in [4.69, 9.17) is 0 Å². The Morgan fingerprint density at radius 1 is 1.17 bits per heavy atom. The molecule has 7 heteroatoms. The van der Waals surface area contributed by atoms with Crippen LogP contribution in [0.1, 0.15) is 32.1 Å². The monoisotopic (exact) mass is 337 g/mol. The number of rotatable bonds is 4. The second kappa shape index (κ2) is 6.98. The molecule has 0 aromatic heterocycles. The highest BCUT2D eigenvalue weighted by Crippen LogP contribution is 2.23. The van der Waals surface area contributed by atoms with Crippen molar-refractivity contribution in [1.29, 1.82) is 0 Å². The molecular formula is C16H23N3O3S. The number of piperidine rings is 1. The Morgan fingerprint density at radius 3 is 2.65 bits per heavy atom. The molecule has 23 heavy (non-hydrogen) atoms. The first-order valence-corrected chi connectivity index (χ1v) is 9.66. The van der Waals surface area contributed by atoms with Crippen LogP contribution in [-0.2, 0) is 14.8 Å². The highest BCUT2D eigenvalue weighted by Gasteiger charge is 2.26. The van der Waals surface area contributed by atoms with Crippen molar-refractivity contribution in [1.82, 2.24) is 9.62 Å². The van der Waals surface area contributed by atoms with E-state index in [1.165, 1.54) is 4.31 Å². The maximum Gasteiger partial charge on any atom is 0.243 e. The molecule has 0 bridgehead atoms. The molecule has 3 rings (SSSR count). The van der Waals surface area contributed by atoms with Gasteiger partial charge in [-0.05, 0) is 50.4 Å². The number of carbonyl (C=O) groups is 1. The number of anilines is 1. The molecule has 6 nitrogen and oxygen atoms in total. The molecule has 2 N–H and O–H groups in total. The topological polar surface area (TPSA) is 78.5 Å². The summed E-state index contributed by atoms with van der Waals surface area (Å²) in [7, 11) is -3.47. The van der Waals surface area contributed by atoms with Gasteiger partial charge in [0.05, 0.1) is 10.9 Å². The van der Waals surface area contributed by atoms with Crippen LogP contribution in [0.25, 0.3) is 0 Å². The molecule has 2 aliphatic heterocycles. The molecule has 2 heterocycles. The molecule has 1 unspecified atom stereocenters. The van der Waals surface area contributed by atoms with Gasteiger partial charge in [-0.2, -0.15) is 4.31 Å². The van der Waals surface area contributed by atoms with Crippen LogP contribution in [0.15, 0.2) is 29.2 Å². The van der Waals surface area contributed by atoms with Crippen LogP contribution in [0, 0.1) is 0 Å². The van der Waals surface area contributed by atoms with Crippen molar-refractivity contribution in [2.45, 2.75) is 43.0 Å². The van der Waals surface area contributed by atoms with Crippen molar-refractivity contribution in [3.8, 4) is 0 Å². The van der Waals surface area contributed by atoms with E-state index >= 15 is 0 Å². The second-order valence-electron chi connectivity index (χ2n) is 6.13. The highest BCUT2D eigenvalue weighted by molar-refractivity contribution is 7.89. The summed E-state index contributed by atoms with van der Waals surface area (Å²) >= 11 is 0. The zero-order valence-corrected chi connectivity index (χ0v) is 13.9. The predicted octanol–water partition coefficient (Wildman–Crippen LogP) is 1.55. The predicted molar refractivity (Wildman–Crippen MR) is 88.7 cm³/mol. The van der Waals surface area contributed by atoms with Gasteiger partial charge in [0.15, 0.2) is 0 Å². The summed E-state index contributed by atoms with van der Waals surface area (Å²) in [5.74, 6) is -0.102. The van der Waals surface area contributed by atoms with Gasteiger partial charge in [0, 0.05) is 18.8 Å². The van der Waals surface area contributed by atoms with Gasteiger partial charge in [-0.3, -0.25) is 4.79 Å². The minimum Gasteiger partial charge on any atom is -0.325 e. The highest BCUT2D eigenvalue weighted by atomic mass is 32.2. The Bertz CT molecular complexity index is 663. The van der Waals surface area contributed by atoms with Crippen LogP contribution >= 0.6 is 0 Å². The number of sulfonamides is 1. The molecule has 1 amide bonds. The molecule has 0 aliphatic carbocycles. The summed E-state index contributed by atoms with van der Waals surface area (Å²) < 4.78 is 26.9. The molecule has 126 valence electrons. The van der Waals surface area contributed by atoms with E-state index in [2.05, 4.69) is 10.6 Å². The molecular weight excluding hydrogens is 314 g/mol. The van der Waals surface area contributed by atoms with E-state index in [-0.39, 0.29) is 16.8 Å². The quantitative estimate of drug-likeness (QED) is 0.874. The van der Waals surface area contributed by atoms with Gasteiger partial charge in [-0.1, -0.05) is 12.5 Å². The van der Waals surface area contributed by atoms with Gasteiger partial charge >= 0.3 is 0 Å². The summed E-state index contributed by atoms with van der Waals surface area (Å²) in [6, 6.07) is 6.36. The Hall–Kier alpha value is -1.44. The Morgan fingerprint density at radius 2 is 1.96 bits per heavy atom. The van der Waals surface area contributed by atoms with E-state index < -0.39 is 10.0 Å². The van der Waals surface area contributed by atoms with Crippen molar-refractivity contribution in [2.75, 3.05) is 25.0 Å². The number of nitrogens with one attached hydrogen (secondary N) is 2. The van der Waals surface area contributed by atoms with Crippen LogP contribution in [0.3, 0.4) is 0 Å². The number of nitrogens with zero attached hydrogens (tertiary/aromatic N) is 1. The fraction of sp³-hybridized carbons (Fsp3) is 0.562.